The minimum Gasteiger partial charge on any atom is -0.467 e. The second-order valence-electron chi connectivity index (χ2n) is 11.3. The van der Waals surface area contributed by atoms with E-state index in [0.29, 0.717) is 12.2 Å². The summed E-state index contributed by atoms with van der Waals surface area (Å²) in [6.45, 7) is 6.86. The minimum atomic E-state index is -1.26. The Morgan fingerprint density at radius 3 is 1.83 bits per heavy atom. The zero-order chi connectivity index (χ0) is 30.9. The maximum Gasteiger partial charge on any atom is 0.408 e. The zero-order valence-electron chi connectivity index (χ0n) is 26.1. The van der Waals surface area contributed by atoms with Gasteiger partial charge >= 0.3 is 18.0 Å². The van der Waals surface area contributed by atoms with Crippen molar-refractivity contribution in [2.24, 2.45) is 0 Å². The Bertz CT molecular complexity index is 730. The van der Waals surface area contributed by atoms with Crippen LogP contribution in [0, 0.1) is 0 Å². The molecular weight excluding hydrogens is 548 g/mol. The van der Waals surface area contributed by atoms with E-state index < -0.39 is 42.3 Å². The molecule has 2 atom stereocenters. The summed E-state index contributed by atoms with van der Waals surface area (Å²) in [4.78, 5) is 48.7. The van der Waals surface area contributed by atoms with Gasteiger partial charge in [-0.2, -0.15) is 11.8 Å². The van der Waals surface area contributed by atoms with Gasteiger partial charge in [-0.05, 0) is 27.2 Å². The van der Waals surface area contributed by atoms with E-state index in [9.17, 15) is 24.3 Å². The molecule has 0 unspecified atom stereocenters. The molecule has 0 aromatic heterocycles. The highest BCUT2D eigenvalue weighted by atomic mass is 32.2. The van der Waals surface area contributed by atoms with Crippen molar-refractivity contribution in [2.75, 3.05) is 31.8 Å². The third-order valence-corrected chi connectivity index (χ3v) is 7.28. The number of aliphatic hydroxyl groups excluding tert-OH is 1. The van der Waals surface area contributed by atoms with Crippen molar-refractivity contribution < 1.29 is 38.5 Å². The van der Waals surface area contributed by atoms with Crippen LogP contribution in [-0.2, 0) is 28.6 Å². The Morgan fingerprint density at radius 1 is 0.805 bits per heavy atom. The second kappa shape index (κ2) is 24.6. The molecule has 0 rings (SSSR count). The maximum atomic E-state index is 12.7. The number of hydrogen-bond acceptors (Lipinski definition) is 9. The molecule has 0 fully saturated rings. The molecule has 240 valence electrons. The smallest absolute Gasteiger partial charge is 0.408 e. The number of ether oxygens (including phenoxy) is 3. The fraction of sp³-hybridized carbons (Fsp3) is 0.867. The lowest BCUT2D eigenvalue weighted by molar-refractivity contribution is -0.146. The molecule has 0 aliphatic carbocycles. The lowest BCUT2D eigenvalue weighted by Gasteiger charge is -2.24. The van der Waals surface area contributed by atoms with Crippen LogP contribution in [0.3, 0.4) is 0 Å². The van der Waals surface area contributed by atoms with E-state index in [-0.39, 0.29) is 18.3 Å². The number of unbranched alkanes of at least 4 members (excludes halogenated alkanes) is 12. The summed E-state index contributed by atoms with van der Waals surface area (Å²) < 4.78 is 15.1. The average Bonchev–Trinajstić information content (AvgIpc) is 2.91. The molecule has 3 N–H and O–H groups in total. The molecule has 0 bridgehead atoms. The average molecular weight is 605 g/mol. The highest BCUT2D eigenvalue weighted by Crippen LogP contribution is 2.13. The van der Waals surface area contributed by atoms with Crippen LogP contribution < -0.4 is 10.6 Å². The number of methoxy groups -OCH3 is 1. The minimum absolute atomic E-state index is 0.140. The van der Waals surface area contributed by atoms with Crippen LogP contribution in [0.25, 0.3) is 0 Å². The summed E-state index contributed by atoms with van der Waals surface area (Å²) in [5, 5.41) is 14.2. The zero-order valence-corrected chi connectivity index (χ0v) is 26.9. The van der Waals surface area contributed by atoms with Crippen molar-refractivity contribution in [3.63, 3.8) is 0 Å². The number of hydrogen-bond donors (Lipinski definition) is 3. The summed E-state index contributed by atoms with van der Waals surface area (Å²) in [5.74, 6) is -1.16. The SMILES string of the molecule is CCCCCCCCCCCCCCCC(=O)OCCSC[C@H](NC(=O)OC(C)(C)C)C(=O)N[C@@H](CO)C(=O)OC. The number of esters is 2. The first-order valence-electron chi connectivity index (χ1n) is 15.3. The molecule has 0 aliphatic heterocycles. The van der Waals surface area contributed by atoms with Crippen molar-refractivity contribution in [3.05, 3.63) is 0 Å². The molecule has 0 aromatic carbocycles. The van der Waals surface area contributed by atoms with E-state index >= 15 is 0 Å². The molecule has 2 amide bonds. The number of rotatable bonds is 24. The number of carbonyl (C=O) groups excluding carboxylic acids is 4. The number of nitrogens with one attached hydrogen (secondary N) is 2. The molecule has 11 heteroatoms. The molecule has 0 aromatic rings. The monoisotopic (exact) mass is 604 g/mol. The highest BCUT2D eigenvalue weighted by Gasteiger charge is 2.28. The van der Waals surface area contributed by atoms with Crippen molar-refractivity contribution in [1.82, 2.24) is 10.6 Å². The van der Waals surface area contributed by atoms with Gasteiger partial charge in [0, 0.05) is 17.9 Å². The predicted octanol–water partition coefficient (Wildman–Crippen LogP) is 5.29. The predicted molar refractivity (Wildman–Crippen MR) is 163 cm³/mol. The van der Waals surface area contributed by atoms with E-state index in [1.165, 1.54) is 76.0 Å². The van der Waals surface area contributed by atoms with Crippen molar-refractivity contribution in [2.45, 2.75) is 135 Å². The molecule has 0 saturated heterocycles. The van der Waals surface area contributed by atoms with Gasteiger partial charge in [-0.25, -0.2) is 9.59 Å². The Hall–Kier alpha value is -2.01. The Balaban J connectivity index is 4.18. The number of carbonyl (C=O) groups is 4. The van der Waals surface area contributed by atoms with E-state index in [2.05, 4.69) is 22.3 Å². The third kappa shape index (κ3) is 23.3. The molecule has 0 aliphatic rings. The van der Waals surface area contributed by atoms with Crippen molar-refractivity contribution >= 4 is 35.7 Å². The van der Waals surface area contributed by atoms with Gasteiger partial charge in [0.1, 0.15) is 18.2 Å². The molecular formula is C30H56N2O8S. The largest absolute Gasteiger partial charge is 0.467 e. The van der Waals surface area contributed by atoms with Gasteiger partial charge in [-0.1, -0.05) is 84.0 Å². The molecule has 0 spiro atoms. The Kier molecular flexibility index (Phi) is 23.4. The fourth-order valence-corrected chi connectivity index (χ4v) is 4.84. The van der Waals surface area contributed by atoms with Gasteiger partial charge in [-0.3, -0.25) is 9.59 Å². The summed E-state index contributed by atoms with van der Waals surface area (Å²) in [5.41, 5.74) is -0.765. The lowest BCUT2D eigenvalue weighted by Crippen LogP contribution is -2.54. The number of alkyl carbamates (subject to hydrolysis) is 1. The first-order chi connectivity index (χ1) is 19.5. The van der Waals surface area contributed by atoms with E-state index in [1.807, 2.05) is 0 Å². The van der Waals surface area contributed by atoms with Gasteiger partial charge in [0.15, 0.2) is 6.04 Å². The lowest BCUT2D eigenvalue weighted by atomic mass is 10.0. The third-order valence-electron chi connectivity index (χ3n) is 6.25. The quantitative estimate of drug-likeness (QED) is 0.0762. The van der Waals surface area contributed by atoms with Crippen LogP contribution in [0.5, 0.6) is 0 Å². The molecule has 10 nitrogen and oxygen atoms in total. The number of thioether (sulfide) groups is 1. The topological polar surface area (TPSA) is 140 Å². The van der Waals surface area contributed by atoms with Crippen molar-refractivity contribution in [1.29, 1.82) is 0 Å². The molecule has 0 saturated carbocycles. The molecule has 0 radical (unpaired) electrons. The Morgan fingerprint density at radius 2 is 1.34 bits per heavy atom. The van der Waals surface area contributed by atoms with Crippen LogP contribution in [0.2, 0.25) is 0 Å². The summed E-state index contributed by atoms with van der Waals surface area (Å²) in [6, 6.07) is -2.30. The molecule has 41 heavy (non-hydrogen) atoms. The van der Waals surface area contributed by atoms with Crippen LogP contribution in [-0.4, -0.2) is 78.6 Å². The normalized spacial score (nSPS) is 12.7. The number of amides is 2. The van der Waals surface area contributed by atoms with Crippen LogP contribution in [0.15, 0.2) is 0 Å². The standard InChI is InChI=1S/C30H56N2O8S/c1-6-7-8-9-10-11-12-13-14-15-16-17-18-19-26(34)39-20-21-41-23-25(32-29(37)40-30(2,3)4)27(35)31-24(22-33)28(36)38-5/h24-25,33H,6-23H2,1-5H3,(H,31,35)(H,32,37)/t24-,25-/m0/s1. The fourth-order valence-electron chi connectivity index (χ4n) is 4.00. The highest BCUT2D eigenvalue weighted by molar-refractivity contribution is 7.99. The van der Waals surface area contributed by atoms with Gasteiger partial charge in [-0.15, -0.1) is 0 Å². The summed E-state index contributed by atoms with van der Waals surface area (Å²) in [7, 11) is 1.14. The maximum absolute atomic E-state index is 12.7. The van der Waals surface area contributed by atoms with Gasteiger partial charge in [0.25, 0.3) is 0 Å². The van der Waals surface area contributed by atoms with Gasteiger partial charge < -0.3 is 30.0 Å². The summed E-state index contributed by atoms with van der Waals surface area (Å²) >= 11 is 1.30. The van der Waals surface area contributed by atoms with E-state index in [1.54, 1.807) is 20.8 Å². The first-order valence-corrected chi connectivity index (χ1v) is 16.4. The van der Waals surface area contributed by atoms with Crippen molar-refractivity contribution in [3.8, 4) is 0 Å². The van der Waals surface area contributed by atoms with Gasteiger partial charge in [0.2, 0.25) is 5.91 Å². The number of aliphatic hydroxyl groups is 1. The Labute approximate surface area is 251 Å². The van der Waals surface area contributed by atoms with E-state index in [4.69, 9.17) is 9.47 Å². The van der Waals surface area contributed by atoms with E-state index in [0.717, 1.165) is 26.4 Å². The van der Waals surface area contributed by atoms with Crippen LogP contribution in [0.4, 0.5) is 4.79 Å². The summed E-state index contributed by atoms with van der Waals surface area (Å²) in [6.07, 6.45) is 15.8. The second-order valence-corrected chi connectivity index (χ2v) is 12.4. The van der Waals surface area contributed by atoms with Crippen LogP contribution >= 0.6 is 11.8 Å². The van der Waals surface area contributed by atoms with Crippen LogP contribution in [0.1, 0.15) is 118 Å². The first kappa shape index (κ1) is 39.0. The van der Waals surface area contributed by atoms with Gasteiger partial charge in [0.05, 0.1) is 13.7 Å². The molecule has 0 heterocycles.